The van der Waals surface area contributed by atoms with Crippen LogP contribution in [-0.2, 0) is 24.2 Å². The number of nitrogens with zero attached hydrogens (tertiary/aromatic N) is 2. The fourth-order valence-corrected chi connectivity index (χ4v) is 4.95. The Morgan fingerprint density at radius 2 is 1.53 bits per heavy atom. The van der Waals surface area contributed by atoms with Gasteiger partial charge in [-0.1, -0.05) is 66.7 Å². The number of carboxylic acids is 1. The third-order valence-corrected chi connectivity index (χ3v) is 6.53. The van der Waals surface area contributed by atoms with E-state index in [0.717, 1.165) is 51.3 Å². The monoisotopic (exact) mass is 472 g/mol. The summed E-state index contributed by atoms with van der Waals surface area (Å²) >= 11 is 0. The van der Waals surface area contributed by atoms with Gasteiger partial charge in [-0.25, -0.2) is 4.98 Å². The maximum atomic E-state index is 11.7. The molecule has 2 heterocycles. The van der Waals surface area contributed by atoms with Gasteiger partial charge in [0, 0.05) is 17.5 Å². The lowest BCUT2D eigenvalue weighted by molar-refractivity contribution is -0.137. The SMILES string of the molecule is O=C(O)Cn1c(Cc2ccccc2)nc2cc(-c3c(Cc4ccccc4)cc4cccoc3-4)ccc21. The van der Waals surface area contributed by atoms with Crippen molar-refractivity contribution in [3.63, 3.8) is 0 Å². The number of benzene rings is 3. The zero-order valence-electron chi connectivity index (χ0n) is 19.6. The van der Waals surface area contributed by atoms with Crippen molar-refractivity contribution in [3.8, 4) is 22.5 Å². The maximum absolute atomic E-state index is 11.7. The number of aliphatic carboxylic acids is 1. The molecule has 0 amide bonds. The summed E-state index contributed by atoms with van der Waals surface area (Å²) in [6.07, 6.45) is 3.05. The van der Waals surface area contributed by atoms with Crippen LogP contribution in [0.1, 0.15) is 22.5 Å². The predicted octanol–water partition coefficient (Wildman–Crippen LogP) is 6.67. The minimum Gasteiger partial charge on any atom is -0.480 e. The van der Waals surface area contributed by atoms with Crippen molar-refractivity contribution in [1.82, 2.24) is 9.55 Å². The fraction of sp³-hybridized carbons (Fsp3) is 0.0968. The third-order valence-electron chi connectivity index (χ3n) is 6.53. The molecule has 5 nitrogen and oxygen atoms in total. The van der Waals surface area contributed by atoms with Crippen LogP contribution in [0, 0.1) is 0 Å². The standard InChI is InChI=1S/C31H24N2O3/c34-29(35)20-33-27-14-13-23(19-26(27)32-28(33)17-22-10-5-2-6-11-22)30-25(16-21-8-3-1-4-9-21)18-24-12-7-15-36-31(24)30/h1-15,18-19H,16-17,20H2,(H,34,35). The van der Waals surface area contributed by atoms with E-state index in [4.69, 9.17) is 9.40 Å². The van der Waals surface area contributed by atoms with E-state index in [1.807, 2.05) is 60.7 Å². The second-order valence-electron chi connectivity index (χ2n) is 8.98. The van der Waals surface area contributed by atoms with Crippen LogP contribution in [0.4, 0.5) is 0 Å². The van der Waals surface area contributed by atoms with Crippen molar-refractivity contribution in [2.24, 2.45) is 0 Å². The molecule has 4 aromatic rings. The molecular formula is C31H24N2O3. The molecule has 0 saturated heterocycles. The highest BCUT2D eigenvalue weighted by atomic mass is 16.4. The van der Waals surface area contributed by atoms with Crippen molar-refractivity contribution in [2.45, 2.75) is 19.4 Å². The first-order valence-electron chi connectivity index (χ1n) is 11.9. The fourth-order valence-electron chi connectivity index (χ4n) is 4.95. The molecule has 3 aromatic carbocycles. The number of hydrogen-bond donors (Lipinski definition) is 1. The molecule has 36 heavy (non-hydrogen) atoms. The van der Waals surface area contributed by atoms with Gasteiger partial charge >= 0.3 is 5.97 Å². The van der Waals surface area contributed by atoms with Crippen molar-refractivity contribution < 1.29 is 14.3 Å². The second kappa shape index (κ2) is 9.19. The number of imidazole rings is 1. The van der Waals surface area contributed by atoms with Crippen molar-refractivity contribution in [3.05, 3.63) is 126 Å². The molecule has 5 heteroatoms. The van der Waals surface area contributed by atoms with Gasteiger partial charge in [0.2, 0.25) is 0 Å². The highest BCUT2D eigenvalue weighted by molar-refractivity contribution is 5.91. The van der Waals surface area contributed by atoms with Crippen LogP contribution in [-0.4, -0.2) is 20.6 Å². The van der Waals surface area contributed by atoms with Gasteiger partial charge in [-0.2, -0.15) is 0 Å². The Balaban J connectivity index is 1.48. The number of aromatic nitrogens is 2. The molecule has 1 aliphatic carbocycles. The van der Waals surface area contributed by atoms with Gasteiger partial charge in [-0.3, -0.25) is 4.79 Å². The zero-order valence-corrected chi connectivity index (χ0v) is 19.6. The van der Waals surface area contributed by atoms with Crippen LogP contribution < -0.4 is 0 Å². The Kier molecular flexibility index (Phi) is 5.58. The molecule has 1 N–H and O–H groups in total. The van der Waals surface area contributed by atoms with Crippen molar-refractivity contribution in [1.29, 1.82) is 0 Å². The smallest absolute Gasteiger partial charge is 0.323 e. The first-order valence-corrected chi connectivity index (χ1v) is 11.9. The summed E-state index contributed by atoms with van der Waals surface area (Å²) in [5, 5.41) is 9.57. The Bertz CT molecular complexity index is 1630. The molecule has 176 valence electrons. The summed E-state index contributed by atoms with van der Waals surface area (Å²) in [7, 11) is 0. The summed E-state index contributed by atoms with van der Waals surface area (Å²) in [5.41, 5.74) is 8.19. The van der Waals surface area contributed by atoms with Crippen LogP contribution in [0.15, 0.2) is 108 Å². The largest absolute Gasteiger partial charge is 0.480 e. The molecule has 0 saturated carbocycles. The predicted molar refractivity (Wildman–Crippen MR) is 140 cm³/mol. The quantitative estimate of drug-likeness (QED) is 0.282. The Morgan fingerprint density at radius 3 is 2.25 bits per heavy atom. The average molecular weight is 473 g/mol. The van der Waals surface area contributed by atoms with Crippen LogP contribution in [0.2, 0.25) is 0 Å². The van der Waals surface area contributed by atoms with Crippen molar-refractivity contribution >= 4 is 17.0 Å². The molecular weight excluding hydrogens is 448 g/mol. The highest BCUT2D eigenvalue weighted by Crippen LogP contribution is 2.41. The first kappa shape index (κ1) is 21.9. The molecule has 0 unspecified atom stereocenters. The van der Waals surface area contributed by atoms with Crippen LogP contribution in [0.3, 0.4) is 0 Å². The van der Waals surface area contributed by atoms with Gasteiger partial charge in [0.25, 0.3) is 0 Å². The van der Waals surface area contributed by atoms with Gasteiger partial charge in [0.15, 0.2) is 0 Å². The minimum absolute atomic E-state index is 0.133. The highest BCUT2D eigenvalue weighted by Gasteiger charge is 2.21. The van der Waals surface area contributed by atoms with Crippen LogP contribution >= 0.6 is 0 Å². The first-order chi connectivity index (χ1) is 17.7. The van der Waals surface area contributed by atoms with E-state index in [9.17, 15) is 9.90 Å². The topological polar surface area (TPSA) is 68.3 Å². The number of rotatable bonds is 7. The molecule has 0 radical (unpaired) electrons. The Morgan fingerprint density at radius 1 is 0.806 bits per heavy atom. The van der Waals surface area contributed by atoms with E-state index in [1.165, 1.54) is 11.1 Å². The molecule has 6 rings (SSSR count). The summed E-state index contributed by atoms with van der Waals surface area (Å²) in [6.45, 7) is -0.133. The lowest BCUT2D eigenvalue weighted by Crippen LogP contribution is -2.12. The number of hydrogen-bond acceptors (Lipinski definition) is 3. The Hall–Kier alpha value is -4.64. The lowest BCUT2D eigenvalue weighted by atomic mass is 9.98. The Labute approximate surface area is 208 Å². The van der Waals surface area contributed by atoms with E-state index in [0.29, 0.717) is 6.42 Å². The van der Waals surface area contributed by atoms with E-state index >= 15 is 0 Å². The van der Waals surface area contributed by atoms with Crippen LogP contribution in [0.25, 0.3) is 33.5 Å². The molecule has 2 aliphatic rings. The van der Waals surface area contributed by atoms with Gasteiger partial charge in [0.1, 0.15) is 18.1 Å². The number of carbonyl (C=O) groups is 1. The van der Waals surface area contributed by atoms with E-state index < -0.39 is 5.97 Å². The van der Waals surface area contributed by atoms with E-state index in [-0.39, 0.29) is 6.54 Å². The van der Waals surface area contributed by atoms with Gasteiger partial charge in [0.05, 0.1) is 17.3 Å². The number of fused-ring (bicyclic) bond motifs is 2. The van der Waals surface area contributed by atoms with Gasteiger partial charge < -0.3 is 14.1 Å². The number of carboxylic acid groups (broad SMARTS) is 1. The molecule has 1 aliphatic heterocycles. The third kappa shape index (κ3) is 4.16. The average Bonchev–Trinajstić information content (AvgIpc) is 3.42. The van der Waals surface area contributed by atoms with Crippen LogP contribution in [0.5, 0.6) is 0 Å². The van der Waals surface area contributed by atoms with Gasteiger partial charge in [-0.05, 0) is 59.0 Å². The summed E-state index contributed by atoms with van der Waals surface area (Å²) in [6, 6.07) is 32.6. The molecule has 0 spiro atoms. The molecule has 0 bridgehead atoms. The van der Waals surface area contributed by atoms with E-state index in [2.05, 4.69) is 36.4 Å². The minimum atomic E-state index is -0.890. The second-order valence-corrected chi connectivity index (χ2v) is 8.98. The lowest BCUT2D eigenvalue weighted by Gasteiger charge is -2.09. The molecule has 1 aromatic heterocycles. The van der Waals surface area contributed by atoms with E-state index in [1.54, 1.807) is 10.8 Å². The zero-order chi connectivity index (χ0) is 24.5. The molecule has 0 atom stereocenters. The van der Waals surface area contributed by atoms with Gasteiger partial charge in [-0.15, -0.1) is 0 Å². The summed E-state index contributed by atoms with van der Waals surface area (Å²) in [4.78, 5) is 16.6. The maximum Gasteiger partial charge on any atom is 0.323 e. The summed E-state index contributed by atoms with van der Waals surface area (Å²) < 4.78 is 7.78. The normalized spacial score (nSPS) is 11.3. The summed E-state index contributed by atoms with van der Waals surface area (Å²) in [5.74, 6) is 0.688. The molecule has 0 fully saturated rings. The van der Waals surface area contributed by atoms with Crippen molar-refractivity contribution in [2.75, 3.05) is 0 Å².